The van der Waals surface area contributed by atoms with E-state index < -0.39 is 22.6 Å². The predicted molar refractivity (Wildman–Crippen MR) is 98.9 cm³/mol. The Labute approximate surface area is 164 Å². The number of piperidine rings is 1. The summed E-state index contributed by atoms with van der Waals surface area (Å²) in [6, 6.07) is 5.45. The van der Waals surface area contributed by atoms with Crippen LogP contribution in [0.4, 0.5) is 0 Å². The molecule has 0 aromatic heterocycles. The number of hydrogen-bond acceptors (Lipinski definition) is 7. The van der Waals surface area contributed by atoms with Gasteiger partial charge in [-0.15, -0.1) is 0 Å². The number of sulfonamides is 1. The van der Waals surface area contributed by atoms with E-state index in [1.165, 1.54) is 50.4 Å². The summed E-state index contributed by atoms with van der Waals surface area (Å²) in [5.41, 5.74) is 0.0418. The van der Waals surface area contributed by atoms with E-state index >= 15 is 0 Å². The second kappa shape index (κ2) is 9.16. The van der Waals surface area contributed by atoms with Gasteiger partial charge < -0.3 is 14.4 Å². The molecule has 10 heteroatoms. The number of amides is 1. The smallest absolute Gasteiger partial charge is 0.338 e. The van der Waals surface area contributed by atoms with E-state index in [0.717, 1.165) is 4.31 Å². The lowest BCUT2D eigenvalue weighted by Gasteiger charge is -2.30. The van der Waals surface area contributed by atoms with Gasteiger partial charge in [0.05, 0.1) is 23.5 Å². The maximum atomic E-state index is 12.2. The van der Waals surface area contributed by atoms with Gasteiger partial charge in [0.15, 0.2) is 6.61 Å². The van der Waals surface area contributed by atoms with Crippen LogP contribution >= 0.6 is 0 Å². The number of carbonyl (C=O) groups is 3. The van der Waals surface area contributed by atoms with Crippen LogP contribution in [-0.2, 0) is 29.1 Å². The fourth-order valence-corrected chi connectivity index (χ4v) is 3.78. The summed E-state index contributed by atoms with van der Waals surface area (Å²) in [6.45, 7) is 0.311. The molecule has 0 N–H and O–H groups in total. The number of nitrogens with zero attached hydrogens (tertiary/aromatic N) is 2. The molecule has 1 fully saturated rings. The summed E-state index contributed by atoms with van der Waals surface area (Å²) in [5, 5.41) is 0. The second-order valence-electron chi connectivity index (χ2n) is 6.57. The first-order chi connectivity index (χ1) is 13.2. The Morgan fingerprint density at radius 3 is 2.39 bits per heavy atom. The van der Waals surface area contributed by atoms with E-state index in [0.29, 0.717) is 25.9 Å². The second-order valence-corrected chi connectivity index (χ2v) is 8.72. The zero-order valence-electron chi connectivity index (χ0n) is 16.1. The molecule has 0 bridgehead atoms. The van der Waals surface area contributed by atoms with Gasteiger partial charge in [-0.2, -0.15) is 0 Å². The maximum absolute atomic E-state index is 12.2. The van der Waals surface area contributed by atoms with E-state index in [4.69, 9.17) is 9.47 Å². The average Bonchev–Trinajstić information content (AvgIpc) is 2.71. The molecule has 1 amide bonds. The van der Waals surface area contributed by atoms with Gasteiger partial charge in [0.25, 0.3) is 5.91 Å². The first-order valence-electron chi connectivity index (χ1n) is 8.72. The maximum Gasteiger partial charge on any atom is 0.338 e. The third kappa shape index (κ3) is 5.08. The number of hydrogen-bond donors (Lipinski definition) is 0. The highest BCUT2D eigenvalue weighted by atomic mass is 32.2. The first kappa shape index (κ1) is 21.8. The lowest BCUT2D eigenvalue weighted by molar-refractivity contribution is -0.149. The summed E-state index contributed by atoms with van der Waals surface area (Å²) >= 11 is 0. The summed E-state index contributed by atoms with van der Waals surface area (Å²) < 4.78 is 35.1. The summed E-state index contributed by atoms with van der Waals surface area (Å²) in [7, 11) is 0.431. The minimum absolute atomic E-state index is 0.0387. The highest BCUT2D eigenvalue weighted by molar-refractivity contribution is 7.89. The monoisotopic (exact) mass is 412 g/mol. The summed E-state index contributed by atoms with van der Waals surface area (Å²) in [6.07, 6.45) is 0.994. The fourth-order valence-electron chi connectivity index (χ4n) is 2.83. The Balaban J connectivity index is 1.92. The van der Waals surface area contributed by atoms with E-state index in [2.05, 4.69) is 0 Å². The van der Waals surface area contributed by atoms with Crippen LogP contribution in [0.2, 0.25) is 0 Å². The normalized spacial score (nSPS) is 15.4. The van der Waals surface area contributed by atoms with Crippen LogP contribution in [0.15, 0.2) is 29.2 Å². The Hall–Kier alpha value is -2.46. The molecule has 0 radical (unpaired) electrons. The van der Waals surface area contributed by atoms with Crippen molar-refractivity contribution < 1.29 is 32.3 Å². The van der Waals surface area contributed by atoms with Crippen LogP contribution < -0.4 is 0 Å². The molecule has 0 aliphatic carbocycles. The number of likely N-dealkylation sites (tertiary alicyclic amines) is 1. The molecule has 0 unspecified atom stereocenters. The van der Waals surface area contributed by atoms with Crippen molar-refractivity contribution in [1.29, 1.82) is 0 Å². The van der Waals surface area contributed by atoms with Gasteiger partial charge in [-0.1, -0.05) is 6.07 Å². The molecule has 0 saturated carbocycles. The Bertz CT molecular complexity index is 843. The molecule has 0 atom stereocenters. The molecule has 28 heavy (non-hydrogen) atoms. The number of methoxy groups -OCH3 is 1. The minimum Gasteiger partial charge on any atom is -0.469 e. The zero-order valence-corrected chi connectivity index (χ0v) is 16.9. The third-order valence-electron chi connectivity index (χ3n) is 4.56. The van der Waals surface area contributed by atoms with Gasteiger partial charge in [0.2, 0.25) is 10.0 Å². The van der Waals surface area contributed by atoms with Crippen LogP contribution in [0.5, 0.6) is 0 Å². The van der Waals surface area contributed by atoms with E-state index in [-0.39, 0.29) is 28.3 Å². The van der Waals surface area contributed by atoms with E-state index in [1.54, 1.807) is 0 Å². The van der Waals surface area contributed by atoms with Gasteiger partial charge in [0, 0.05) is 27.2 Å². The molecule has 1 aromatic rings. The lowest BCUT2D eigenvalue weighted by atomic mass is 9.97. The van der Waals surface area contributed by atoms with Crippen LogP contribution in [0.3, 0.4) is 0 Å². The van der Waals surface area contributed by atoms with Crippen molar-refractivity contribution in [1.82, 2.24) is 9.21 Å². The van der Waals surface area contributed by atoms with Crippen LogP contribution in [-0.4, -0.2) is 76.4 Å². The number of carbonyl (C=O) groups excluding carboxylic acids is 3. The molecule has 0 spiro atoms. The van der Waals surface area contributed by atoms with Crippen molar-refractivity contribution in [2.45, 2.75) is 17.7 Å². The topological polar surface area (TPSA) is 110 Å². The van der Waals surface area contributed by atoms with E-state index in [1.807, 2.05) is 0 Å². The number of benzene rings is 1. The largest absolute Gasteiger partial charge is 0.469 e. The minimum atomic E-state index is -3.68. The van der Waals surface area contributed by atoms with Crippen LogP contribution in [0.1, 0.15) is 23.2 Å². The van der Waals surface area contributed by atoms with Gasteiger partial charge in [0.1, 0.15) is 0 Å². The zero-order chi connectivity index (χ0) is 20.9. The van der Waals surface area contributed by atoms with Crippen molar-refractivity contribution in [2.75, 3.05) is 40.9 Å². The lowest BCUT2D eigenvalue weighted by Crippen LogP contribution is -2.42. The standard InChI is InChI=1S/C18H24N2O7S/c1-19(2)28(24,25)15-6-4-5-14(11-15)18(23)27-12-16(21)20-9-7-13(8-10-20)17(22)26-3/h4-6,11,13H,7-10,12H2,1-3H3. The number of rotatable bonds is 6. The van der Waals surface area contributed by atoms with Crippen molar-refractivity contribution in [3.63, 3.8) is 0 Å². The highest BCUT2D eigenvalue weighted by Gasteiger charge is 2.28. The number of ether oxygens (including phenoxy) is 2. The highest BCUT2D eigenvalue weighted by Crippen LogP contribution is 2.19. The molecule has 1 heterocycles. The molecule has 1 aromatic carbocycles. The summed E-state index contributed by atoms with van der Waals surface area (Å²) in [4.78, 5) is 37.4. The fraction of sp³-hybridized carbons (Fsp3) is 0.500. The van der Waals surface area contributed by atoms with Crippen LogP contribution in [0.25, 0.3) is 0 Å². The first-order valence-corrected chi connectivity index (χ1v) is 10.2. The Kier molecular flexibility index (Phi) is 7.14. The predicted octanol–water partition coefficient (Wildman–Crippen LogP) is 0.505. The van der Waals surface area contributed by atoms with Crippen molar-refractivity contribution in [3.8, 4) is 0 Å². The SMILES string of the molecule is COC(=O)C1CCN(C(=O)COC(=O)c2cccc(S(=O)(=O)N(C)C)c2)CC1. The molecule has 2 rings (SSSR count). The van der Waals surface area contributed by atoms with Gasteiger partial charge in [-0.3, -0.25) is 9.59 Å². The van der Waals surface area contributed by atoms with Gasteiger partial charge >= 0.3 is 11.9 Å². The van der Waals surface area contributed by atoms with Gasteiger partial charge in [-0.05, 0) is 31.0 Å². The Morgan fingerprint density at radius 2 is 1.82 bits per heavy atom. The van der Waals surface area contributed by atoms with Crippen molar-refractivity contribution in [2.24, 2.45) is 5.92 Å². The average molecular weight is 412 g/mol. The van der Waals surface area contributed by atoms with Crippen molar-refractivity contribution >= 4 is 27.9 Å². The van der Waals surface area contributed by atoms with Gasteiger partial charge in [-0.25, -0.2) is 17.5 Å². The summed E-state index contributed by atoms with van der Waals surface area (Å²) in [5.74, 6) is -1.66. The molecule has 9 nitrogen and oxygen atoms in total. The van der Waals surface area contributed by atoms with E-state index in [9.17, 15) is 22.8 Å². The Morgan fingerprint density at radius 1 is 1.18 bits per heavy atom. The van der Waals surface area contributed by atoms with Crippen LogP contribution in [0, 0.1) is 5.92 Å². The molecular formula is C18H24N2O7S. The molecule has 154 valence electrons. The molecule has 1 aliphatic rings. The molecule has 1 saturated heterocycles. The quantitative estimate of drug-likeness (QED) is 0.626. The number of esters is 2. The molecule has 1 aliphatic heterocycles. The van der Waals surface area contributed by atoms with Crippen molar-refractivity contribution in [3.05, 3.63) is 29.8 Å². The third-order valence-corrected chi connectivity index (χ3v) is 6.37. The molecular weight excluding hydrogens is 388 g/mol.